The number of thioether (sulfide) groups is 1. The molecule has 0 radical (unpaired) electrons. The third kappa shape index (κ3) is 8.44. The second kappa shape index (κ2) is 15.4. The molecular formula is C33H33N3O4S. The van der Waals surface area contributed by atoms with Crippen molar-refractivity contribution in [1.29, 1.82) is 0 Å². The van der Waals surface area contributed by atoms with Gasteiger partial charge in [0.05, 0.1) is 32.5 Å². The second-order valence-electron chi connectivity index (χ2n) is 9.69. The van der Waals surface area contributed by atoms with E-state index in [0.29, 0.717) is 19.8 Å². The van der Waals surface area contributed by atoms with Gasteiger partial charge in [0.15, 0.2) is 0 Å². The maximum atomic E-state index is 9.61. The van der Waals surface area contributed by atoms with Crippen molar-refractivity contribution in [3.05, 3.63) is 148 Å². The molecule has 0 unspecified atom stereocenters. The third-order valence-electron chi connectivity index (χ3n) is 6.76. The summed E-state index contributed by atoms with van der Waals surface area (Å²) < 4.78 is 25.9. The van der Waals surface area contributed by atoms with Crippen molar-refractivity contribution >= 4 is 11.8 Å². The summed E-state index contributed by atoms with van der Waals surface area (Å²) in [7, 11) is 0. The van der Waals surface area contributed by atoms with E-state index in [1.54, 1.807) is 0 Å². The number of hydrogen-bond donors (Lipinski definition) is 0. The lowest BCUT2D eigenvalue weighted by Gasteiger charge is -2.44. The second-order valence-corrected chi connectivity index (χ2v) is 10.9. The summed E-state index contributed by atoms with van der Waals surface area (Å²) in [4.78, 5) is 4.21. The fraction of sp³-hybridized carbons (Fsp3) is 0.273. The normalized spacial score (nSPS) is 22.1. The first kappa shape index (κ1) is 28.9. The van der Waals surface area contributed by atoms with Crippen LogP contribution >= 0.6 is 11.8 Å². The van der Waals surface area contributed by atoms with Gasteiger partial charge < -0.3 is 18.9 Å². The molecule has 1 aliphatic heterocycles. The van der Waals surface area contributed by atoms with Crippen LogP contribution in [0, 0.1) is 0 Å². The number of azide groups is 1. The van der Waals surface area contributed by atoms with Crippen molar-refractivity contribution < 1.29 is 18.9 Å². The van der Waals surface area contributed by atoms with Gasteiger partial charge in [0.1, 0.15) is 23.7 Å². The molecule has 8 heteroatoms. The molecule has 0 amide bonds. The molecule has 0 spiro atoms. The molecule has 41 heavy (non-hydrogen) atoms. The number of nitrogens with zero attached hydrogens (tertiary/aromatic N) is 3. The van der Waals surface area contributed by atoms with Crippen molar-refractivity contribution in [3.63, 3.8) is 0 Å². The summed E-state index contributed by atoms with van der Waals surface area (Å²) in [5.74, 6) is 0. The summed E-state index contributed by atoms with van der Waals surface area (Å²) in [6, 6.07) is 39.3. The maximum absolute atomic E-state index is 9.61. The Balaban J connectivity index is 1.43. The van der Waals surface area contributed by atoms with Crippen LogP contribution in [-0.4, -0.2) is 36.4 Å². The number of hydrogen-bond acceptors (Lipinski definition) is 6. The number of benzene rings is 4. The van der Waals surface area contributed by atoms with Crippen LogP contribution in [-0.2, 0) is 38.8 Å². The smallest absolute Gasteiger partial charge is 0.119 e. The summed E-state index contributed by atoms with van der Waals surface area (Å²) in [6.45, 7) is 1.43. The predicted octanol–water partition coefficient (Wildman–Crippen LogP) is 7.57. The minimum atomic E-state index is -0.639. The summed E-state index contributed by atoms with van der Waals surface area (Å²) in [5, 5.41) is 4.21. The topological polar surface area (TPSA) is 85.7 Å². The first-order valence-electron chi connectivity index (χ1n) is 13.6. The molecule has 7 nitrogen and oxygen atoms in total. The van der Waals surface area contributed by atoms with E-state index < -0.39 is 29.8 Å². The van der Waals surface area contributed by atoms with Crippen molar-refractivity contribution in [2.45, 2.75) is 54.5 Å². The highest BCUT2D eigenvalue weighted by Gasteiger charge is 2.47. The lowest BCUT2D eigenvalue weighted by molar-refractivity contribution is -0.211. The van der Waals surface area contributed by atoms with Crippen LogP contribution < -0.4 is 0 Å². The van der Waals surface area contributed by atoms with Crippen molar-refractivity contribution in [1.82, 2.24) is 0 Å². The Morgan fingerprint density at radius 2 is 1.15 bits per heavy atom. The average molecular weight is 568 g/mol. The van der Waals surface area contributed by atoms with Gasteiger partial charge in [-0.05, 0) is 34.4 Å². The van der Waals surface area contributed by atoms with Crippen molar-refractivity contribution in [2.75, 3.05) is 6.61 Å². The SMILES string of the molecule is [N-]=[N+]=N[C@@H]1[C@@H](OCc2ccccc2)[C@@H](OCc2ccccc2)[C@@H](COCc2ccccc2)O[C@H]1Sc1ccccc1. The van der Waals surface area contributed by atoms with E-state index in [2.05, 4.69) is 10.0 Å². The summed E-state index contributed by atoms with van der Waals surface area (Å²) in [5.41, 5.74) is 12.2. The zero-order valence-electron chi connectivity index (χ0n) is 22.6. The van der Waals surface area contributed by atoms with Gasteiger partial charge >= 0.3 is 0 Å². The zero-order valence-corrected chi connectivity index (χ0v) is 23.5. The molecule has 1 heterocycles. The summed E-state index contributed by atoms with van der Waals surface area (Å²) >= 11 is 1.51. The van der Waals surface area contributed by atoms with E-state index in [1.165, 1.54) is 11.8 Å². The van der Waals surface area contributed by atoms with Crippen molar-refractivity contribution in [2.24, 2.45) is 5.11 Å². The molecule has 0 aliphatic carbocycles. The van der Waals surface area contributed by atoms with Crippen molar-refractivity contribution in [3.8, 4) is 0 Å². The molecule has 0 N–H and O–H groups in total. The van der Waals surface area contributed by atoms with Crippen LogP contribution in [0.15, 0.2) is 131 Å². The highest BCUT2D eigenvalue weighted by molar-refractivity contribution is 7.99. The molecule has 5 atom stereocenters. The summed E-state index contributed by atoms with van der Waals surface area (Å²) in [6.07, 6.45) is -1.58. The van der Waals surface area contributed by atoms with E-state index in [1.807, 2.05) is 121 Å². The van der Waals surface area contributed by atoms with E-state index in [9.17, 15) is 5.53 Å². The Morgan fingerprint density at radius 3 is 1.68 bits per heavy atom. The Kier molecular flexibility index (Phi) is 10.9. The van der Waals surface area contributed by atoms with Crippen LogP contribution in [0.25, 0.3) is 10.4 Å². The first-order chi connectivity index (χ1) is 20.3. The number of rotatable bonds is 13. The van der Waals surface area contributed by atoms with E-state index in [0.717, 1.165) is 21.6 Å². The Labute approximate surface area is 245 Å². The molecule has 1 aliphatic rings. The maximum Gasteiger partial charge on any atom is 0.119 e. The Hall–Kier alpha value is -3.62. The Morgan fingerprint density at radius 1 is 0.659 bits per heavy atom. The Bertz CT molecular complexity index is 1360. The molecule has 0 aromatic heterocycles. The third-order valence-corrected chi connectivity index (χ3v) is 7.93. The minimum absolute atomic E-state index is 0.286. The monoisotopic (exact) mass is 567 g/mol. The highest BCUT2D eigenvalue weighted by Crippen LogP contribution is 2.38. The molecule has 1 fully saturated rings. The first-order valence-corrected chi connectivity index (χ1v) is 14.5. The molecule has 4 aromatic carbocycles. The van der Waals surface area contributed by atoms with Gasteiger partial charge in [0.2, 0.25) is 0 Å². The van der Waals surface area contributed by atoms with Gasteiger partial charge in [-0.2, -0.15) is 0 Å². The molecular weight excluding hydrogens is 534 g/mol. The number of ether oxygens (including phenoxy) is 4. The standard InChI is InChI=1S/C33H33N3O4S/c34-36-35-30-32(39-23-27-17-9-3-10-18-27)31(38-22-26-15-7-2-8-16-26)29(24-37-21-25-13-5-1-6-14-25)40-33(30)41-28-19-11-4-12-20-28/h1-20,29-33H,21-24H2/t29-,30-,31+,32-,33+/m1/s1. The van der Waals surface area contributed by atoms with Gasteiger partial charge in [-0.1, -0.05) is 126 Å². The fourth-order valence-corrected chi connectivity index (χ4v) is 5.86. The molecule has 210 valence electrons. The average Bonchev–Trinajstić information content (AvgIpc) is 3.03. The quantitative estimate of drug-likeness (QED) is 0.0945. The van der Waals surface area contributed by atoms with E-state index in [-0.39, 0.29) is 6.61 Å². The van der Waals surface area contributed by atoms with E-state index >= 15 is 0 Å². The lowest BCUT2D eigenvalue weighted by atomic mass is 9.97. The van der Waals surface area contributed by atoms with Crippen LogP contribution in [0.4, 0.5) is 0 Å². The molecule has 4 aromatic rings. The van der Waals surface area contributed by atoms with Crippen LogP contribution in [0.3, 0.4) is 0 Å². The van der Waals surface area contributed by atoms with E-state index in [4.69, 9.17) is 18.9 Å². The van der Waals surface area contributed by atoms with Gasteiger partial charge in [-0.3, -0.25) is 0 Å². The minimum Gasteiger partial charge on any atom is -0.374 e. The predicted molar refractivity (Wildman–Crippen MR) is 160 cm³/mol. The van der Waals surface area contributed by atoms with Gasteiger partial charge in [-0.15, -0.1) is 0 Å². The van der Waals surface area contributed by atoms with Crippen LogP contribution in [0.1, 0.15) is 16.7 Å². The zero-order chi connectivity index (χ0) is 28.1. The largest absolute Gasteiger partial charge is 0.374 e. The fourth-order valence-electron chi connectivity index (χ4n) is 4.73. The molecule has 0 bridgehead atoms. The van der Waals surface area contributed by atoms with Crippen LogP contribution in [0.5, 0.6) is 0 Å². The molecule has 0 saturated carbocycles. The highest BCUT2D eigenvalue weighted by atomic mass is 32.2. The van der Waals surface area contributed by atoms with Gasteiger partial charge in [0, 0.05) is 9.81 Å². The lowest BCUT2D eigenvalue weighted by Crippen LogP contribution is -2.58. The van der Waals surface area contributed by atoms with Gasteiger partial charge in [-0.25, -0.2) is 0 Å². The molecule has 1 saturated heterocycles. The van der Waals surface area contributed by atoms with Crippen LogP contribution in [0.2, 0.25) is 0 Å². The molecule has 5 rings (SSSR count). The van der Waals surface area contributed by atoms with Gasteiger partial charge in [0.25, 0.3) is 0 Å².